The van der Waals surface area contributed by atoms with Crippen molar-refractivity contribution in [2.75, 3.05) is 7.05 Å². The number of halogens is 1. The van der Waals surface area contributed by atoms with Crippen molar-refractivity contribution >= 4 is 23.4 Å². The number of benzene rings is 1. The Bertz CT molecular complexity index is 587. The van der Waals surface area contributed by atoms with Crippen molar-refractivity contribution in [3.05, 3.63) is 34.9 Å². The molecule has 0 N–H and O–H groups in total. The molecule has 1 aromatic carbocycles. The van der Waals surface area contributed by atoms with Crippen LogP contribution in [0.2, 0.25) is 5.02 Å². The van der Waals surface area contributed by atoms with Crippen LogP contribution in [0.5, 0.6) is 0 Å². The van der Waals surface area contributed by atoms with Crippen LogP contribution in [-0.2, 0) is 9.53 Å². The number of fused-ring (bicyclic) bond motifs is 2. The van der Waals surface area contributed by atoms with Crippen LogP contribution in [0.4, 0.5) is 0 Å². The van der Waals surface area contributed by atoms with Gasteiger partial charge in [0.05, 0.1) is 5.92 Å². The zero-order valence-corrected chi connectivity index (χ0v) is 14.3. The summed E-state index contributed by atoms with van der Waals surface area (Å²) in [6, 6.07) is 7.60. The molecule has 0 spiro atoms. The SMILES string of the molecule is CC(OC(=O)C1C[C@H]2CC[C@@H](C1)N2C)C(=O)c1ccc(Cl)cc1. The minimum Gasteiger partial charge on any atom is -0.454 e. The molecule has 1 aromatic rings. The fourth-order valence-electron chi connectivity index (χ4n) is 3.78. The fourth-order valence-corrected chi connectivity index (χ4v) is 3.90. The van der Waals surface area contributed by atoms with Gasteiger partial charge in [-0.05, 0) is 63.9 Å². The summed E-state index contributed by atoms with van der Waals surface area (Å²) in [5, 5.41) is 0.577. The zero-order chi connectivity index (χ0) is 16.6. The van der Waals surface area contributed by atoms with E-state index < -0.39 is 6.10 Å². The molecule has 0 radical (unpaired) electrons. The van der Waals surface area contributed by atoms with E-state index in [0.717, 1.165) is 25.7 Å². The molecule has 124 valence electrons. The van der Waals surface area contributed by atoms with E-state index in [1.807, 2.05) is 0 Å². The monoisotopic (exact) mass is 335 g/mol. The highest BCUT2D eigenvalue weighted by Crippen LogP contribution is 2.38. The highest BCUT2D eigenvalue weighted by molar-refractivity contribution is 6.30. The van der Waals surface area contributed by atoms with Gasteiger partial charge in [0.15, 0.2) is 6.10 Å². The van der Waals surface area contributed by atoms with Gasteiger partial charge < -0.3 is 9.64 Å². The molecule has 4 nitrogen and oxygen atoms in total. The Balaban J connectivity index is 1.59. The number of hydrogen-bond acceptors (Lipinski definition) is 4. The van der Waals surface area contributed by atoms with Gasteiger partial charge in [0, 0.05) is 22.7 Å². The van der Waals surface area contributed by atoms with E-state index in [9.17, 15) is 9.59 Å². The van der Waals surface area contributed by atoms with Crippen molar-refractivity contribution < 1.29 is 14.3 Å². The lowest BCUT2D eigenvalue weighted by atomic mass is 9.91. The van der Waals surface area contributed by atoms with Crippen molar-refractivity contribution in [2.24, 2.45) is 5.92 Å². The molecule has 4 atom stereocenters. The Morgan fingerprint density at radius 1 is 1.17 bits per heavy atom. The number of nitrogens with zero attached hydrogens (tertiary/aromatic N) is 1. The number of Topliss-reactive ketones (excluding diaryl/α,β-unsaturated/α-hetero) is 1. The van der Waals surface area contributed by atoms with Crippen LogP contribution in [-0.4, -0.2) is 41.9 Å². The molecule has 2 unspecified atom stereocenters. The lowest BCUT2D eigenvalue weighted by Crippen LogP contribution is -2.43. The van der Waals surface area contributed by atoms with Gasteiger partial charge in [-0.2, -0.15) is 0 Å². The number of ketones is 1. The molecular formula is C18H22ClNO3. The first-order valence-corrected chi connectivity index (χ1v) is 8.55. The van der Waals surface area contributed by atoms with Crippen LogP contribution in [0.1, 0.15) is 43.0 Å². The van der Waals surface area contributed by atoms with Gasteiger partial charge in [0.1, 0.15) is 0 Å². The first-order valence-electron chi connectivity index (χ1n) is 8.18. The van der Waals surface area contributed by atoms with E-state index in [4.69, 9.17) is 16.3 Å². The first kappa shape index (κ1) is 16.5. The lowest BCUT2D eigenvalue weighted by molar-refractivity contribution is -0.153. The second kappa shape index (κ2) is 6.62. The summed E-state index contributed by atoms with van der Waals surface area (Å²) in [6.45, 7) is 1.64. The zero-order valence-electron chi connectivity index (χ0n) is 13.5. The van der Waals surface area contributed by atoms with Crippen LogP contribution in [0.25, 0.3) is 0 Å². The summed E-state index contributed by atoms with van der Waals surface area (Å²) in [5.41, 5.74) is 0.512. The molecule has 2 bridgehead atoms. The normalized spacial score (nSPS) is 28.4. The summed E-state index contributed by atoms with van der Waals surface area (Å²) in [7, 11) is 2.14. The second-order valence-corrected chi connectivity index (χ2v) is 7.11. The quantitative estimate of drug-likeness (QED) is 0.625. The maximum absolute atomic E-state index is 12.4. The summed E-state index contributed by atoms with van der Waals surface area (Å²) in [6.07, 6.45) is 3.23. The van der Waals surface area contributed by atoms with Gasteiger partial charge >= 0.3 is 5.97 Å². The number of carbonyl (C=O) groups excluding carboxylic acids is 2. The molecule has 0 aromatic heterocycles. The van der Waals surface area contributed by atoms with Crippen LogP contribution in [0, 0.1) is 5.92 Å². The smallest absolute Gasteiger partial charge is 0.309 e. The molecule has 3 rings (SSSR count). The van der Waals surface area contributed by atoms with Crippen molar-refractivity contribution in [3.8, 4) is 0 Å². The maximum atomic E-state index is 12.4. The Hall–Kier alpha value is -1.39. The van der Waals surface area contributed by atoms with Gasteiger partial charge in [0.25, 0.3) is 0 Å². The number of rotatable bonds is 4. The number of esters is 1. The van der Waals surface area contributed by atoms with Gasteiger partial charge in [0.2, 0.25) is 5.78 Å². The number of carbonyl (C=O) groups is 2. The molecule has 0 aliphatic carbocycles. The van der Waals surface area contributed by atoms with E-state index in [0.29, 0.717) is 22.7 Å². The average Bonchev–Trinajstić information content (AvgIpc) is 2.76. The predicted octanol–water partition coefficient (Wildman–Crippen LogP) is 3.33. The molecule has 23 heavy (non-hydrogen) atoms. The number of piperidine rings is 1. The third-order valence-corrected chi connectivity index (χ3v) is 5.47. The third-order valence-electron chi connectivity index (χ3n) is 5.22. The Morgan fingerprint density at radius 2 is 1.74 bits per heavy atom. The van der Waals surface area contributed by atoms with E-state index in [-0.39, 0.29) is 17.7 Å². The van der Waals surface area contributed by atoms with E-state index in [1.54, 1.807) is 31.2 Å². The van der Waals surface area contributed by atoms with Crippen LogP contribution < -0.4 is 0 Å². The van der Waals surface area contributed by atoms with E-state index >= 15 is 0 Å². The molecule has 2 fully saturated rings. The number of hydrogen-bond donors (Lipinski definition) is 0. The summed E-state index contributed by atoms with van der Waals surface area (Å²) in [4.78, 5) is 27.1. The van der Waals surface area contributed by atoms with Crippen molar-refractivity contribution in [2.45, 2.75) is 50.8 Å². The van der Waals surface area contributed by atoms with Gasteiger partial charge in [-0.15, -0.1) is 0 Å². The van der Waals surface area contributed by atoms with Crippen LogP contribution >= 0.6 is 11.6 Å². The average molecular weight is 336 g/mol. The summed E-state index contributed by atoms with van der Waals surface area (Å²) < 4.78 is 5.46. The molecule has 2 heterocycles. The number of ether oxygens (including phenoxy) is 1. The molecule has 2 aliphatic heterocycles. The van der Waals surface area contributed by atoms with Crippen LogP contribution in [0.15, 0.2) is 24.3 Å². The van der Waals surface area contributed by atoms with Crippen molar-refractivity contribution in [1.82, 2.24) is 4.90 Å². The van der Waals surface area contributed by atoms with Crippen molar-refractivity contribution in [3.63, 3.8) is 0 Å². The lowest BCUT2D eigenvalue weighted by Gasteiger charge is -2.35. The van der Waals surface area contributed by atoms with E-state index in [1.165, 1.54) is 0 Å². The predicted molar refractivity (Wildman–Crippen MR) is 88.6 cm³/mol. The minimum atomic E-state index is -0.763. The van der Waals surface area contributed by atoms with Gasteiger partial charge in [-0.25, -0.2) is 0 Å². The van der Waals surface area contributed by atoms with Gasteiger partial charge in [-0.3, -0.25) is 9.59 Å². The topological polar surface area (TPSA) is 46.6 Å². The standard InChI is InChI=1S/C18H22ClNO3/c1-11(17(21)12-3-5-14(19)6-4-12)23-18(22)13-9-15-7-8-16(10-13)20(15)2/h3-6,11,13,15-16H,7-10H2,1-2H3/t11?,13?,15-,16+. The fraction of sp³-hybridized carbons (Fsp3) is 0.556. The molecule has 2 aliphatic rings. The van der Waals surface area contributed by atoms with E-state index in [2.05, 4.69) is 11.9 Å². The molecule has 0 amide bonds. The highest BCUT2D eigenvalue weighted by Gasteiger charge is 2.42. The van der Waals surface area contributed by atoms with Crippen molar-refractivity contribution in [1.29, 1.82) is 0 Å². The first-order chi connectivity index (χ1) is 11.0. The molecular weight excluding hydrogens is 314 g/mol. The third kappa shape index (κ3) is 3.43. The Kier molecular flexibility index (Phi) is 4.74. The summed E-state index contributed by atoms with van der Waals surface area (Å²) in [5.74, 6) is -0.500. The molecule has 2 saturated heterocycles. The maximum Gasteiger partial charge on any atom is 0.309 e. The summed E-state index contributed by atoms with van der Waals surface area (Å²) >= 11 is 5.83. The Morgan fingerprint density at radius 3 is 2.30 bits per heavy atom. The highest BCUT2D eigenvalue weighted by atomic mass is 35.5. The second-order valence-electron chi connectivity index (χ2n) is 6.67. The minimum absolute atomic E-state index is 0.0795. The largest absolute Gasteiger partial charge is 0.454 e. The molecule has 0 saturated carbocycles. The van der Waals surface area contributed by atoms with Gasteiger partial charge in [-0.1, -0.05) is 11.6 Å². The molecule has 5 heteroatoms. The Labute approximate surface area is 141 Å². The van der Waals surface area contributed by atoms with Crippen LogP contribution in [0.3, 0.4) is 0 Å².